The smallest absolute Gasteiger partial charge is 0.262 e. The number of thioether (sulfide) groups is 1. The second kappa shape index (κ2) is 5.33. The van der Waals surface area contributed by atoms with Crippen LogP contribution in [0.1, 0.15) is 27.6 Å². The predicted octanol–water partition coefficient (Wildman–Crippen LogP) is 0.890. The number of hydrogen-bond acceptors (Lipinski definition) is 5. The molecule has 0 aliphatic carbocycles. The number of carbonyl (C=O) groups is 3. The highest BCUT2D eigenvalue weighted by Crippen LogP contribution is 2.24. The van der Waals surface area contributed by atoms with E-state index in [9.17, 15) is 14.4 Å². The zero-order valence-corrected chi connectivity index (χ0v) is 12.1. The minimum Gasteiger partial charge on any atom is -0.304 e. The van der Waals surface area contributed by atoms with Gasteiger partial charge in [-0.1, -0.05) is 23.9 Å². The highest BCUT2D eigenvalue weighted by atomic mass is 32.2. The summed E-state index contributed by atoms with van der Waals surface area (Å²) in [6.07, 6.45) is 0. The molecule has 3 rings (SSSR count). The van der Waals surface area contributed by atoms with E-state index >= 15 is 0 Å². The Hall–Kier alpha value is -2.15. The van der Waals surface area contributed by atoms with Crippen LogP contribution in [0, 0.1) is 0 Å². The van der Waals surface area contributed by atoms with Crippen molar-refractivity contribution in [1.82, 2.24) is 10.2 Å². The monoisotopic (exact) mass is 303 g/mol. The Labute approximate surface area is 125 Å². The van der Waals surface area contributed by atoms with Crippen molar-refractivity contribution in [2.75, 3.05) is 12.3 Å². The summed E-state index contributed by atoms with van der Waals surface area (Å²) < 4.78 is 0. The largest absolute Gasteiger partial charge is 0.304 e. The van der Waals surface area contributed by atoms with Gasteiger partial charge in [0, 0.05) is 5.75 Å². The molecule has 0 saturated carbocycles. The van der Waals surface area contributed by atoms with Gasteiger partial charge in [-0.05, 0) is 19.1 Å². The summed E-state index contributed by atoms with van der Waals surface area (Å²) in [7, 11) is 0. The lowest BCUT2D eigenvalue weighted by Crippen LogP contribution is -2.48. The van der Waals surface area contributed by atoms with Gasteiger partial charge in [-0.3, -0.25) is 24.3 Å². The maximum Gasteiger partial charge on any atom is 0.262 e. The first-order chi connectivity index (χ1) is 10.1. The quantitative estimate of drug-likeness (QED) is 0.823. The molecule has 0 aromatic heterocycles. The van der Waals surface area contributed by atoms with E-state index in [4.69, 9.17) is 0 Å². The van der Waals surface area contributed by atoms with E-state index in [1.54, 1.807) is 24.3 Å². The molecule has 0 saturated heterocycles. The molecule has 2 heterocycles. The standard InChI is InChI=1S/C14H13N3O3S/c1-8(11(18)16-14-15-6-7-21-14)17-12(19)9-4-2-3-5-10(9)13(17)20/h2-5,8H,6-7H2,1H3,(H,15,16,18)/t8-/m0/s1. The summed E-state index contributed by atoms with van der Waals surface area (Å²) in [5.74, 6) is -0.437. The molecule has 0 unspecified atom stereocenters. The van der Waals surface area contributed by atoms with Gasteiger partial charge in [-0.25, -0.2) is 0 Å². The van der Waals surface area contributed by atoms with E-state index < -0.39 is 23.8 Å². The number of carbonyl (C=O) groups excluding carboxylic acids is 3. The zero-order chi connectivity index (χ0) is 15.0. The zero-order valence-electron chi connectivity index (χ0n) is 11.3. The predicted molar refractivity (Wildman–Crippen MR) is 79.3 cm³/mol. The number of nitrogens with one attached hydrogen (secondary N) is 1. The van der Waals surface area contributed by atoms with Crippen LogP contribution < -0.4 is 5.32 Å². The molecule has 6 nitrogen and oxygen atoms in total. The first-order valence-electron chi connectivity index (χ1n) is 6.54. The van der Waals surface area contributed by atoms with Crippen molar-refractivity contribution in [3.05, 3.63) is 35.4 Å². The number of benzene rings is 1. The van der Waals surface area contributed by atoms with Gasteiger partial charge < -0.3 is 5.32 Å². The molecule has 0 fully saturated rings. The third-order valence-electron chi connectivity index (χ3n) is 3.41. The molecule has 108 valence electrons. The maximum atomic E-state index is 12.3. The van der Waals surface area contributed by atoms with Crippen LogP contribution in [-0.2, 0) is 4.79 Å². The Bertz CT molecular complexity index is 636. The highest BCUT2D eigenvalue weighted by Gasteiger charge is 2.40. The second-order valence-electron chi connectivity index (χ2n) is 4.73. The molecule has 2 aliphatic rings. The van der Waals surface area contributed by atoms with Crippen molar-refractivity contribution >= 4 is 34.7 Å². The van der Waals surface area contributed by atoms with E-state index in [2.05, 4.69) is 10.3 Å². The number of aliphatic imine (C=N–C) groups is 1. The Morgan fingerprint density at radius 1 is 1.29 bits per heavy atom. The van der Waals surface area contributed by atoms with Crippen LogP contribution in [0.4, 0.5) is 0 Å². The molecular weight excluding hydrogens is 290 g/mol. The highest BCUT2D eigenvalue weighted by molar-refractivity contribution is 8.14. The first kappa shape index (κ1) is 13.8. The first-order valence-corrected chi connectivity index (χ1v) is 7.53. The van der Waals surface area contributed by atoms with Crippen LogP contribution in [0.5, 0.6) is 0 Å². The number of hydrogen-bond donors (Lipinski definition) is 1. The van der Waals surface area contributed by atoms with Gasteiger partial charge >= 0.3 is 0 Å². The molecule has 0 radical (unpaired) electrons. The number of fused-ring (bicyclic) bond motifs is 1. The maximum absolute atomic E-state index is 12.3. The van der Waals surface area contributed by atoms with E-state index in [1.165, 1.54) is 18.7 Å². The Balaban J connectivity index is 1.79. The number of amidine groups is 1. The molecule has 1 N–H and O–H groups in total. The van der Waals surface area contributed by atoms with Gasteiger partial charge in [0.15, 0.2) is 5.17 Å². The summed E-state index contributed by atoms with van der Waals surface area (Å²) >= 11 is 1.45. The molecule has 1 atom stereocenters. The number of amides is 3. The van der Waals surface area contributed by atoms with Crippen molar-refractivity contribution in [2.24, 2.45) is 4.99 Å². The number of rotatable bonds is 2. The van der Waals surface area contributed by atoms with Crippen molar-refractivity contribution in [2.45, 2.75) is 13.0 Å². The summed E-state index contributed by atoms with van der Waals surface area (Å²) in [6, 6.07) is 5.71. The molecule has 1 aromatic rings. The van der Waals surface area contributed by atoms with Crippen LogP contribution in [0.3, 0.4) is 0 Å². The minimum atomic E-state index is -0.874. The van der Waals surface area contributed by atoms with Gasteiger partial charge in [0.05, 0.1) is 17.7 Å². The molecular formula is C14H13N3O3S. The molecule has 7 heteroatoms. The fraction of sp³-hybridized carbons (Fsp3) is 0.286. The van der Waals surface area contributed by atoms with Gasteiger partial charge in [0.2, 0.25) is 5.91 Å². The minimum absolute atomic E-state index is 0.342. The van der Waals surface area contributed by atoms with E-state index in [0.717, 1.165) is 10.7 Å². The average molecular weight is 303 g/mol. The van der Waals surface area contributed by atoms with Crippen LogP contribution in [-0.4, -0.2) is 46.1 Å². The topological polar surface area (TPSA) is 78.8 Å². The molecule has 3 amide bonds. The number of nitrogens with zero attached hydrogens (tertiary/aromatic N) is 2. The van der Waals surface area contributed by atoms with Crippen molar-refractivity contribution in [3.63, 3.8) is 0 Å². The fourth-order valence-corrected chi connectivity index (χ4v) is 3.03. The van der Waals surface area contributed by atoms with Crippen molar-refractivity contribution in [3.8, 4) is 0 Å². The third kappa shape index (κ3) is 2.33. The summed E-state index contributed by atoms with van der Waals surface area (Å²) in [5.41, 5.74) is 0.685. The van der Waals surface area contributed by atoms with Crippen LogP contribution >= 0.6 is 11.8 Å². The van der Waals surface area contributed by atoms with Crippen LogP contribution in [0.2, 0.25) is 0 Å². The van der Waals surface area contributed by atoms with E-state index in [1.807, 2.05) is 0 Å². The van der Waals surface area contributed by atoms with Gasteiger partial charge in [0.1, 0.15) is 6.04 Å². The summed E-state index contributed by atoms with van der Waals surface area (Å²) in [5, 5.41) is 3.20. The summed E-state index contributed by atoms with van der Waals surface area (Å²) in [6.45, 7) is 2.21. The lowest BCUT2D eigenvalue weighted by Gasteiger charge is -2.21. The van der Waals surface area contributed by atoms with Crippen LogP contribution in [0.15, 0.2) is 29.3 Å². The molecule has 0 bridgehead atoms. The fourth-order valence-electron chi connectivity index (χ4n) is 2.30. The number of imide groups is 1. The van der Waals surface area contributed by atoms with E-state index in [0.29, 0.717) is 22.8 Å². The third-order valence-corrected chi connectivity index (χ3v) is 4.30. The molecule has 21 heavy (non-hydrogen) atoms. The summed E-state index contributed by atoms with van der Waals surface area (Å²) in [4.78, 5) is 41.9. The average Bonchev–Trinajstić information content (AvgIpc) is 3.07. The van der Waals surface area contributed by atoms with Gasteiger partial charge in [0.25, 0.3) is 11.8 Å². The molecule has 2 aliphatic heterocycles. The van der Waals surface area contributed by atoms with Crippen molar-refractivity contribution < 1.29 is 14.4 Å². The van der Waals surface area contributed by atoms with Gasteiger partial charge in [-0.2, -0.15) is 0 Å². The van der Waals surface area contributed by atoms with Crippen molar-refractivity contribution in [1.29, 1.82) is 0 Å². The molecule has 1 aromatic carbocycles. The van der Waals surface area contributed by atoms with Crippen LogP contribution in [0.25, 0.3) is 0 Å². The lowest BCUT2D eigenvalue weighted by molar-refractivity contribution is -0.123. The van der Waals surface area contributed by atoms with Gasteiger partial charge in [-0.15, -0.1) is 0 Å². The Kier molecular flexibility index (Phi) is 3.50. The Morgan fingerprint density at radius 3 is 2.43 bits per heavy atom. The molecule has 0 spiro atoms. The SMILES string of the molecule is C[C@@H](C(=O)NC1=NCCS1)N1C(=O)c2ccccc2C1=O. The normalized spacial score (nSPS) is 18.5. The second-order valence-corrected chi connectivity index (χ2v) is 5.81. The van der Waals surface area contributed by atoms with E-state index in [-0.39, 0.29) is 0 Å². The Morgan fingerprint density at radius 2 is 1.90 bits per heavy atom. The lowest BCUT2D eigenvalue weighted by atomic mass is 10.1.